The van der Waals surface area contributed by atoms with E-state index in [0.717, 1.165) is 12.2 Å². The second-order valence-corrected chi connectivity index (χ2v) is 7.78. The predicted octanol–water partition coefficient (Wildman–Crippen LogP) is 5.22. The van der Waals surface area contributed by atoms with Crippen LogP contribution in [0.15, 0.2) is 78.9 Å². The van der Waals surface area contributed by atoms with E-state index in [4.69, 9.17) is 0 Å². The van der Waals surface area contributed by atoms with Crippen LogP contribution < -0.4 is 5.32 Å². The van der Waals surface area contributed by atoms with Crippen LogP contribution in [-0.4, -0.2) is 23.9 Å². The molecular weight excluding hydrogens is 344 g/mol. The van der Waals surface area contributed by atoms with Gasteiger partial charge in [0.1, 0.15) is 0 Å². The van der Waals surface area contributed by atoms with Gasteiger partial charge in [-0.1, -0.05) is 54.6 Å². The molecule has 1 N–H and O–H groups in total. The van der Waals surface area contributed by atoms with Gasteiger partial charge >= 0.3 is 0 Å². The molecule has 28 heavy (non-hydrogen) atoms. The Morgan fingerprint density at radius 3 is 2.36 bits per heavy atom. The molecule has 3 aromatic rings. The zero-order valence-electron chi connectivity index (χ0n) is 15.8. The van der Waals surface area contributed by atoms with Crippen LogP contribution >= 0.6 is 0 Å². The van der Waals surface area contributed by atoms with Gasteiger partial charge in [-0.3, -0.25) is 9.69 Å². The van der Waals surface area contributed by atoms with Gasteiger partial charge < -0.3 is 5.32 Å². The number of hydrogen-bond donors (Lipinski definition) is 1. The van der Waals surface area contributed by atoms with Crippen LogP contribution in [0.3, 0.4) is 0 Å². The summed E-state index contributed by atoms with van der Waals surface area (Å²) in [6.45, 7) is 2.28. The number of nitrogens with one attached hydrogen (secondary N) is 1. The summed E-state index contributed by atoms with van der Waals surface area (Å²) in [5, 5.41) is 3.00. The summed E-state index contributed by atoms with van der Waals surface area (Å²) < 4.78 is 0. The van der Waals surface area contributed by atoms with E-state index in [9.17, 15) is 4.79 Å². The van der Waals surface area contributed by atoms with E-state index in [2.05, 4.69) is 46.6 Å². The molecule has 0 saturated carbocycles. The van der Waals surface area contributed by atoms with E-state index in [1.165, 1.54) is 36.1 Å². The van der Waals surface area contributed by atoms with Crippen molar-refractivity contribution < 1.29 is 4.79 Å². The van der Waals surface area contributed by atoms with Crippen molar-refractivity contribution in [3.8, 4) is 0 Å². The number of rotatable bonds is 3. The Hall–Kier alpha value is -2.91. The molecule has 2 aliphatic heterocycles. The molecule has 3 aromatic carbocycles. The van der Waals surface area contributed by atoms with Crippen molar-refractivity contribution >= 4 is 11.6 Å². The SMILES string of the molecule is O=C(Nc1ccc(C2CN3CCCC3c3ccccc32)cc1)c1ccccc1. The van der Waals surface area contributed by atoms with E-state index in [0.29, 0.717) is 17.5 Å². The van der Waals surface area contributed by atoms with Crippen LogP contribution in [-0.2, 0) is 0 Å². The number of benzene rings is 3. The second-order valence-electron chi connectivity index (χ2n) is 7.78. The van der Waals surface area contributed by atoms with Crippen LogP contribution in [0, 0.1) is 0 Å². The zero-order chi connectivity index (χ0) is 18.9. The Morgan fingerprint density at radius 2 is 1.57 bits per heavy atom. The first-order valence-electron chi connectivity index (χ1n) is 10.1. The van der Waals surface area contributed by atoms with E-state index < -0.39 is 0 Å². The fraction of sp³-hybridized carbons (Fsp3) is 0.240. The number of hydrogen-bond acceptors (Lipinski definition) is 2. The molecule has 2 aliphatic rings. The normalized spacial score (nSPS) is 21.0. The quantitative estimate of drug-likeness (QED) is 0.687. The Labute approximate surface area is 166 Å². The summed E-state index contributed by atoms with van der Waals surface area (Å²) in [7, 11) is 0. The highest BCUT2D eigenvalue weighted by atomic mass is 16.1. The third-order valence-electron chi connectivity index (χ3n) is 6.12. The van der Waals surface area contributed by atoms with E-state index in [1.807, 2.05) is 42.5 Å². The molecule has 140 valence electrons. The van der Waals surface area contributed by atoms with Crippen LogP contribution in [0.25, 0.3) is 0 Å². The first-order valence-corrected chi connectivity index (χ1v) is 10.1. The standard InChI is InChI=1S/C25H24N2O/c28-25(19-7-2-1-3-8-19)26-20-14-12-18(13-15-20)23-17-27-16-6-11-24(27)22-10-5-4-9-21(22)23/h1-5,7-10,12-15,23-24H,6,11,16-17H2,(H,26,28). The van der Waals surface area contributed by atoms with Gasteiger partial charge in [-0.05, 0) is 60.3 Å². The molecule has 2 unspecified atom stereocenters. The van der Waals surface area contributed by atoms with Gasteiger partial charge in [-0.25, -0.2) is 0 Å². The minimum atomic E-state index is -0.0729. The average Bonchev–Trinajstić information content (AvgIpc) is 3.23. The van der Waals surface area contributed by atoms with Gasteiger partial charge in [-0.2, -0.15) is 0 Å². The number of nitrogens with zero attached hydrogens (tertiary/aromatic N) is 1. The van der Waals surface area contributed by atoms with Crippen molar-refractivity contribution in [2.24, 2.45) is 0 Å². The van der Waals surface area contributed by atoms with Gasteiger partial charge in [0.2, 0.25) is 0 Å². The molecule has 2 atom stereocenters. The Bertz CT molecular complexity index is 981. The van der Waals surface area contributed by atoms with Crippen molar-refractivity contribution in [3.63, 3.8) is 0 Å². The van der Waals surface area contributed by atoms with Crippen LogP contribution in [0.4, 0.5) is 5.69 Å². The Morgan fingerprint density at radius 1 is 0.857 bits per heavy atom. The van der Waals surface area contributed by atoms with Crippen molar-refractivity contribution in [3.05, 3.63) is 101 Å². The molecule has 5 rings (SSSR count). The molecule has 0 bridgehead atoms. The van der Waals surface area contributed by atoms with E-state index in [-0.39, 0.29) is 5.91 Å². The summed E-state index contributed by atoms with van der Waals surface area (Å²) in [5.74, 6) is 0.320. The van der Waals surface area contributed by atoms with Crippen molar-refractivity contribution in [1.82, 2.24) is 4.90 Å². The first-order chi connectivity index (χ1) is 13.8. The molecule has 3 nitrogen and oxygen atoms in total. The Balaban J connectivity index is 1.39. The van der Waals surface area contributed by atoms with Crippen molar-refractivity contribution in [2.75, 3.05) is 18.4 Å². The fourth-order valence-corrected chi connectivity index (χ4v) is 4.74. The highest BCUT2D eigenvalue weighted by Crippen LogP contribution is 2.44. The molecule has 1 fully saturated rings. The predicted molar refractivity (Wildman–Crippen MR) is 113 cm³/mol. The minimum absolute atomic E-state index is 0.0729. The maximum Gasteiger partial charge on any atom is 0.255 e. The summed E-state index contributed by atoms with van der Waals surface area (Å²) in [4.78, 5) is 15.0. The van der Waals surface area contributed by atoms with Crippen LogP contribution in [0.1, 0.15) is 51.8 Å². The minimum Gasteiger partial charge on any atom is -0.322 e. The lowest BCUT2D eigenvalue weighted by molar-refractivity contribution is 0.102. The largest absolute Gasteiger partial charge is 0.322 e. The average molecular weight is 368 g/mol. The molecule has 3 heteroatoms. The number of fused-ring (bicyclic) bond motifs is 3. The summed E-state index contributed by atoms with van der Waals surface area (Å²) in [5.41, 5.74) is 5.79. The van der Waals surface area contributed by atoms with Gasteiger partial charge in [0.15, 0.2) is 0 Å². The highest BCUT2D eigenvalue weighted by molar-refractivity contribution is 6.04. The maximum absolute atomic E-state index is 12.4. The van der Waals surface area contributed by atoms with Crippen LogP contribution in [0.2, 0.25) is 0 Å². The van der Waals surface area contributed by atoms with E-state index >= 15 is 0 Å². The molecule has 0 spiro atoms. The zero-order valence-corrected chi connectivity index (χ0v) is 15.8. The smallest absolute Gasteiger partial charge is 0.255 e. The lowest BCUT2D eigenvalue weighted by atomic mass is 9.81. The number of carbonyl (C=O) groups excluding carboxylic acids is 1. The molecule has 0 radical (unpaired) electrons. The van der Waals surface area contributed by atoms with Gasteiger partial charge in [-0.15, -0.1) is 0 Å². The van der Waals surface area contributed by atoms with E-state index in [1.54, 1.807) is 0 Å². The number of anilines is 1. The lowest BCUT2D eigenvalue weighted by Gasteiger charge is -2.37. The van der Waals surface area contributed by atoms with Gasteiger partial charge in [0.25, 0.3) is 5.91 Å². The van der Waals surface area contributed by atoms with Gasteiger partial charge in [0, 0.05) is 29.8 Å². The third kappa shape index (κ3) is 3.12. The monoisotopic (exact) mass is 368 g/mol. The molecule has 1 saturated heterocycles. The van der Waals surface area contributed by atoms with Crippen LogP contribution in [0.5, 0.6) is 0 Å². The summed E-state index contributed by atoms with van der Waals surface area (Å²) in [6, 6.07) is 27.2. The van der Waals surface area contributed by atoms with Gasteiger partial charge in [0.05, 0.1) is 0 Å². The second kappa shape index (κ2) is 7.25. The fourth-order valence-electron chi connectivity index (χ4n) is 4.74. The third-order valence-corrected chi connectivity index (χ3v) is 6.12. The topological polar surface area (TPSA) is 32.3 Å². The lowest BCUT2D eigenvalue weighted by Crippen LogP contribution is -2.34. The molecule has 2 heterocycles. The molecule has 0 aromatic heterocycles. The van der Waals surface area contributed by atoms with Crippen molar-refractivity contribution in [1.29, 1.82) is 0 Å². The number of carbonyl (C=O) groups is 1. The summed E-state index contributed by atoms with van der Waals surface area (Å²) >= 11 is 0. The molecule has 0 aliphatic carbocycles. The molecular formula is C25H24N2O. The highest BCUT2D eigenvalue weighted by Gasteiger charge is 2.36. The van der Waals surface area contributed by atoms with Crippen molar-refractivity contribution in [2.45, 2.75) is 24.8 Å². The Kier molecular flexibility index (Phi) is 4.46. The molecule has 1 amide bonds. The summed E-state index contributed by atoms with van der Waals surface area (Å²) in [6.07, 6.45) is 2.56. The number of amides is 1. The maximum atomic E-state index is 12.4. The first kappa shape index (κ1) is 17.2.